The summed E-state index contributed by atoms with van der Waals surface area (Å²) in [6, 6.07) is 14.0. The van der Waals surface area contributed by atoms with Crippen LogP contribution in [0.1, 0.15) is 40.1 Å². The van der Waals surface area contributed by atoms with Gasteiger partial charge in [0.2, 0.25) is 17.5 Å². The number of aromatic nitrogens is 1. The van der Waals surface area contributed by atoms with Crippen molar-refractivity contribution in [1.29, 1.82) is 0 Å². The maximum Gasteiger partial charge on any atom is 0.408 e. The first-order chi connectivity index (χ1) is 19.7. The van der Waals surface area contributed by atoms with Gasteiger partial charge in [0.15, 0.2) is 18.7 Å². The van der Waals surface area contributed by atoms with E-state index in [1.807, 2.05) is 48.5 Å². The summed E-state index contributed by atoms with van der Waals surface area (Å²) in [7, 11) is 1.68. The Balaban J connectivity index is 1.49. The van der Waals surface area contributed by atoms with Gasteiger partial charge >= 0.3 is 6.18 Å². The van der Waals surface area contributed by atoms with Gasteiger partial charge < -0.3 is 19.1 Å². The minimum atomic E-state index is -4.71. The van der Waals surface area contributed by atoms with Crippen LogP contribution in [0, 0.1) is 0 Å². The zero-order valence-corrected chi connectivity index (χ0v) is 22.9. The normalized spacial score (nSPS) is 22.4. The largest absolute Gasteiger partial charge is 0.461 e. The highest BCUT2D eigenvalue weighted by Gasteiger charge is 2.48. The van der Waals surface area contributed by atoms with Crippen molar-refractivity contribution in [2.75, 3.05) is 25.5 Å². The number of carbonyl (C=O) groups is 1. The summed E-state index contributed by atoms with van der Waals surface area (Å²) in [5.41, 5.74) is 1.81. The van der Waals surface area contributed by atoms with Crippen LogP contribution >= 0.6 is 11.8 Å². The highest BCUT2D eigenvalue weighted by atomic mass is 32.2. The van der Waals surface area contributed by atoms with Gasteiger partial charge in [0.25, 0.3) is 5.91 Å². The number of benzene rings is 2. The molecule has 41 heavy (non-hydrogen) atoms. The second kappa shape index (κ2) is 10.7. The molecule has 3 aliphatic rings. The third kappa shape index (κ3) is 5.07. The van der Waals surface area contributed by atoms with Gasteiger partial charge in [-0.2, -0.15) is 13.2 Å². The molecule has 2 aromatic carbocycles. The van der Waals surface area contributed by atoms with E-state index in [-0.39, 0.29) is 18.6 Å². The van der Waals surface area contributed by atoms with E-state index in [4.69, 9.17) is 14.2 Å². The van der Waals surface area contributed by atoms with Crippen molar-refractivity contribution in [3.8, 4) is 5.75 Å². The third-order valence-corrected chi connectivity index (χ3v) is 8.57. The molecule has 1 fully saturated rings. The number of fused-ring (bicyclic) bond motifs is 3. The number of alkyl halides is 3. The average Bonchev–Trinajstić information content (AvgIpc) is 3.75. The Morgan fingerprint density at radius 3 is 2.56 bits per heavy atom. The van der Waals surface area contributed by atoms with Crippen LogP contribution < -0.4 is 20.5 Å². The number of pyridine rings is 1. The molecule has 6 rings (SSSR count). The fourth-order valence-electron chi connectivity index (χ4n) is 5.17. The van der Waals surface area contributed by atoms with Gasteiger partial charge in [-0.05, 0) is 36.7 Å². The number of hydrogen-bond acceptors (Lipinski definition) is 8. The van der Waals surface area contributed by atoms with E-state index < -0.39 is 48.4 Å². The smallest absolute Gasteiger partial charge is 0.408 e. The molecule has 9 nitrogen and oxygen atoms in total. The van der Waals surface area contributed by atoms with Crippen LogP contribution in [0.25, 0.3) is 0 Å². The highest BCUT2D eigenvalue weighted by Crippen LogP contribution is 2.43. The molecular weight excluding hydrogens is 561 g/mol. The van der Waals surface area contributed by atoms with Gasteiger partial charge in [-0.15, -0.1) is 11.8 Å². The molecule has 4 atom stereocenters. The van der Waals surface area contributed by atoms with Crippen LogP contribution in [-0.4, -0.2) is 60.7 Å². The lowest BCUT2D eigenvalue weighted by Crippen LogP contribution is -2.60. The van der Waals surface area contributed by atoms with Crippen molar-refractivity contribution in [3.05, 3.63) is 93.4 Å². The van der Waals surface area contributed by atoms with E-state index in [0.29, 0.717) is 5.75 Å². The third-order valence-electron chi connectivity index (χ3n) is 7.43. The molecule has 4 heterocycles. The van der Waals surface area contributed by atoms with E-state index in [1.165, 1.54) is 16.9 Å². The van der Waals surface area contributed by atoms with E-state index in [2.05, 4.69) is 5.32 Å². The van der Waals surface area contributed by atoms with Gasteiger partial charge in [-0.25, -0.2) is 0 Å². The number of nitrogens with zero attached hydrogens (tertiary/aromatic N) is 3. The quantitative estimate of drug-likeness (QED) is 0.330. The molecule has 3 aliphatic heterocycles. The molecule has 13 heteroatoms. The second-order valence-electron chi connectivity index (χ2n) is 9.85. The van der Waals surface area contributed by atoms with E-state index in [0.717, 1.165) is 33.4 Å². The van der Waals surface area contributed by atoms with Gasteiger partial charge in [-0.3, -0.25) is 24.6 Å². The van der Waals surface area contributed by atoms with E-state index in [9.17, 15) is 22.8 Å². The van der Waals surface area contributed by atoms with Crippen molar-refractivity contribution in [2.24, 2.45) is 0 Å². The SMILES string of the molecule is CNC1OC1OCOc1c2n(ccc1=O)N([C@H]1c3ccccc3CSc3ccccc31)CN([C@H](C)C(F)(F)F)C2=O. The molecular formula is C28H27F3N4O5S. The predicted molar refractivity (Wildman–Crippen MR) is 144 cm³/mol. The van der Waals surface area contributed by atoms with Crippen LogP contribution in [0.15, 0.2) is 70.5 Å². The minimum absolute atomic E-state index is 0.308. The maximum atomic E-state index is 14.1. The lowest BCUT2D eigenvalue weighted by atomic mass is 9.94. The summed E-state index contributed by atoms with van der Waals surface area (Å²) in [6.07, 6.45) is -4.24. The van der Waals surface area contributed by atoms with E-state index in [1.54, 1.807) is 23.8 Å². The number of halogens is 3. The fourth-order valence-corrected chi connectivity index (χ4v) is 6.26. The van der Waals surface area contributed by atoms with Gasteiger partial charge in [-0.1, -0.05) is 42.5 Å². The van der Waals surface area contributed by atoms with Crippen molar-refractivity contribution >= 4 is 17.7 Å². The van der Waals surface area contributed by atoms with Crippen LogP contribution in [0.2, 0.25) is 0 Å². The van der Waals surface area contributed by atoms with Crippen LogP contribution in [0.3, 0.4) is 0 Å². The number of epoxide rings is 1. The molecule has 3 aromatic rings. The van der Waals surface area contributed by atoms with Gasteiger partial charge in [0, 0.05) is 22.9 Å². The molecule has 1 N–H and O–H groups in total. The van der Waals surface area contributed by atoms with Crippen LogP contribution in [-0.2, 0) is 15.2 Å². The lowest BCUT2D eigenvalue weighted by Gasteiger charge is -2.46. The Kier molecular flexibility index (Phi) is 7.22. The fraction of sp³-hybridized carbons (Fsp3) is 0.357. The zero-order valence-electron chi connectivity index (χ0n) is 22.1. The molecule has 0 bridgehead atoms. The number of amides is 1. The molecule has 1 saturated heterocycles. The molecule has 1 amide bonds. The first kappa shape index (κ1) is 27.6. The Labute approximate surface area is 237 Å². The van der Waals surface area contributed by atoms with Crippen molar-refractivity contribution < 1.29 is 32.2 Å². The van der Waals surface area contributed by atoms with Crippen LogP contribution in [0.5, 0.6) is 5.75 Å². The summed E-state index contributed by atoms with van der Waals surface area (Å²) in [4.78, 5) is 28.5. The molecule has 0 saturated carbocycles. The standard InChI is InChI=1S/C28H27F3N4O5S/c1-16(28(29,30)31)33-14-35(22-18-8-4-3-7-17(18)13-41-21-10-6-5-9-19(21)22)34-12-11-20(36)24(23(34)26(33)37)38-15-39-27-25(32-2)40-27/h3-12,16,22,25,27,32H,13-15H2,1-2H3/t16-,22+,25?,27?/m1/s1. The number of thioether (sulfide) groups is 1. The summed E-state index contributed by atoms with van der Waals surface area (Å²) in [6.45, 7) is 0.107. The number of ether oxygens (including phenoxy) is 3. The first-order valence-corrected chi connectivity index (χ1v) is 13.9. The summed E-state index contributed by atoms with van der Waals surface area (Å²) < 4.78 is 60.0. The minimum Gasteiger partial charge on any atom is -0.461 e. The number of rotatable bonds is 7. The topological polar surface area (TPSA) is 88.6 Å². The number of hydrogen-bond donors (Lipinski definition) is 1. The Morgan fingerprint density at radius 1 is 1.10 bits per heavy atom. The Bertz CT molecular complexity index is 1490. The van der Waals surface area contributed by atoms with Gasteiger partial charge in [0.05, 0.1) is 6.04 Å². The number of carbonyl (C=O) groups excluding carboxylic acids is 1. The van der Waals surface area contributed by atoms with Crippen LogP contribution in [0.4, 0.5) is 13.2 Å². The van der Waals surface area contributed by atoms with Gasteiger partial charge in [0.1, 0.15) is 12.7 Å². The number of nitrogens with one attached hydrogen (secondary N) is 1. The van der Waals surface area contributed by atoms with Crippen molar-refractivity contribution in [3.63, 3.8) is 0 Å². The molecule has 0 spiro atoms. The maximum absolute atomic E-state index is 14.1. The molecule has 0 aliphatic carbocycles. The average molecular weight is 589 g/mol. The molecule has 1 aromatic heterocycles. The molecule has 2 unspecified atom stereocenters. The lowest BCUT2D eigenvalue weighted by molar-refractivity contribution is -0.173. The first-order valence-electron chi connectivity index (χ1n) is 13.0. The van der Waals surface area contributed by atoms with Crippen molar-refractivity contribution in [2.45, 2.75) is 48.3 Å². The van der Waals surface area contributed by atoms with E-state index >= 15 is 0 Å². The van der Waals surface area contributed by atoms with Crippen molar-refractivity contribution in [1.82, 2.24) is 14.9 Å². The summed E-state index contributed by atoms with van der Waals surface area (Å²) >= 11 is 1.64. The predicted octanol–water partition coefficient (Wildman–Crippen LogP) is 3.80. The summed E-state index contributed by atoms with van der Waals surface area (Å²) in [5, 5.41) is 4.53. The molecule has 216 valence electrons. The Hall–Kier alpha value is -3.52. The summed E-state index contributed by atoms with van der Waals surface area (Å²) in [5.74, 6) is -0.703. The second-order valence-corrected chi connectivity index (χ2v) is 10.9. The number of likely N-dealkylation sites (N-methyl/N-ethyl adjacent to an activating group) is 1. The molecule has 0 radical (unpaired) electrons. The monoisotopic (exact) mass is 588 g/mol. The highest BCUT2D eigenvalue weighted by molar-refractivity contribution is 7.98. The zero-order chi connectivity index (χ0) is 28.9. The Morgan fingerprint density at radius 2 is 1.83 bits per heavy atom.